The van der Waals surface area contributed by atoms with Gasteiger partial charge in [0.1, 0.15) is 8.07 Å². The van der Waals surface area contributed by atoms with Gasteiger partial charge >= 0.3 is 0 Å². The van der Waals surface area contributed by atoms with E-state index in [4.69, 9.17) is 0 Å². The molecule has 5 heteroatoms. The summed E-state index contributed by atoms with van der Waals surface area (Å²) in [6.07, 6.45) is 7.49. The van der Waals surface area contributed by atoms with Crippen LogP contribution in [0, 0.1) is 12.0 Å². The molecule has 0 fully saturated rings. The van der Waals surface area contributed by atoms with Crippen LogP contribution in [0.15, 0.2) is 71.4 Å². The minimum atomic E-state index is -2.84. The minimum absolute atomic E-state index is 0. The van der Waals surface area contributed by atoms with Crippen molar-refractivity contribution in [3.05, 3.63) is 111 Å². The maximum absolute atomic E-state index is 4.10. The Balaban J connectivity index is 0.00000576. The monoisotopic (exact) mass is 773 g/mol. The molecule has 0 radical (unpaired) electrons. The van der Waals surface area contributed by atoms with Crippen LogP contribution in [0.4, 0.5) is 0 Å². The molecule has 4 rings (SSSR count). The summed E-state index contributed by atoms with van der Waals surface area (Å²) < 4.78 is 0. The SMILES string of the molecule is CC(C)C1=CC[C-]=C1[Si](c1cc(C(C)C)cc(C(C)C)c1)(c1cc(C(C)C)cc(C(C)C)c1)c1cc(C(C)C)cc(C(C)C)c1.Cl.Cl.Cl.[Ti]. The summed E-state index contributed by atoms with van der Waals surface area (Å²) in [6, 6.07) is 23.1. The van der Waals surface area contributed by atoms with E-state index in [9.17, 15) is 0 Å². The third kappa shape index (κ3) is 10.1. The first-order valence-electron chi connectivity index (χ1n) is 17.9. The largest absolute Gasteiger partial charge is 0.272 e. The van der Waals surface area contributed by atoms with E-state index in [0.717, 1.165) is 6.42 Å². The first kappa shape index (κ1) is 47.9. The number of halogens is 3. The molecule has 0 spiro atoms. The second-order valence-corrected chi connectivity index (χ2v) is 19.6. The Bertz CT molecular complexity index is 1340. The molecule has 3 aromatic carbocycles. The zero-order chi connectivity index (χ0) is 33.4. The molecule has 0 amide bonds. The normalized spacial score (nSPS) is 13.1. The molecular weight excluding hydrogens is 711 g/mol. The van der Waals surface area contributed by atoms with Crippen LogP contribution in [-0.2, 0) is 21.7 Å². The van der Waals surface area contributed by atoms with Crippen LogP contribution < -0.4 is 15.6 Å². The van der Waals surface area contributed by atoms with Crippen LogP contribution in [-0.4, -0.2) is 8.07 Å². The van der Waals surface area contributed by atoms with Crippen molar-refractivity contribution in [3.8, 4) is 0 Å². The van der Waals surface area contributed by atoms with E-state index < -0.39 is 8.07 Å². The molecular formula is C44H64Cl3SiTi-. The van der Waals surface area contributed by atoms with E-state index in [-0.39, 0.29) is 58.9 Å². The first-order chi connectivity index (χ1) is 21.1. The van der Waals surface area contributed by atoms with Crippen molar-refractivity contribution in [1.82, 2.24) is 0 Å². The van der Waals surface area contributed by atoms with Gasteiger partial charge in [-0.1, -0.05) is 157 Å². The second kappa shape index (κ2) is 19.7. The van der Waals surface area contributed by atoms with E-state index in [2.05, 4.69) is 164 Å². The van der Waals surface area contributed by atoms with Gasteiger partial charge in [0.05, 0.1) is 0 Å². The van der Waals surface area contributed by atoms with Crippen LogP contribution in [0.1, 0.15) is 172 Å². The van der Waals surface area contributed by atoms with Crippen LogP contribution in [0.2, 0.25) is 0 Å². The van der Waals surface area contributed by atoms with Crippen molar-refractivity contribution in [1.29, 1.82) is 0 Å². The number of hydrogen-bond donors (Lipinski definition) is 0. The Morgan fingerprint density at radius 3 is 0.857 bits per heavy atom. The average Bonchev–Trinajstić information content (AvgIpc) is 3.47. The predicted octanol–water partition coefficient (Wildman–Crippen LogP) is 12.4. The quantitative estimate of drug-likeness (QED) is 0.103. The molecule has 0 bridgehead atoms. The van der Waals surface area contributed by atoms with Gasteiger partial charge in [0, 0.05) is 21.7 Å². The zero-order valence-corrected chi connectivity index (χ0v) is 37.8. The summed E-state index contributed by atoms with van der Waals surface area (Å²) >= 11 is 0. The third-order valence-electron chi connectivity index (χ3n) is 10.1. The van der Waals surface area contributed by atoms with E-state index in [1.165, 1.54) is 59.7 Å². The van der Waals surface area contributed by atoms with Gasteiger partial charge in [-0.2, -0.15) is 11.6 Å². The van der Waals surface area contributed by atoms with E-state index in [1.54, 1.807) is 0 Å². The molecule has 0 N–H and O–H groups in total. The Labute approximate surface area is 335 Å². The van der Waals surface area contributed by atoms with Crippen molar-refractivity contribution in [2.75, 3.05) is 0 Å². The van der Waals surface area contributed by atoms with Crippen molar-refractivity contribution < 1.29 is 21.7 Å². The molecule has 0 unspecified atom stereocenters. The molecule has 3 aromatic rings. The third-order valence-corrected chi connectivity index (χ3v) is 14.8. The molecule has 1 aliphatic carbocycles. The smallest absolute Gasteiger partial charge is 0.144 e. The summed E-state index contributed by atoms with van der Waals surface area (Å²) in [5.74, 6) is 3.17. The van der Waals surface area contributed by atoms with Crippen molar-refractivity contribution in [2.45, 2.75) is 139 Å². The molecule has 0 aromatic heterocycles. The standard InChI is InChI=1S/C44H61Si.3ClH.Ti/c1-27(2)34-18-35(28(3)4)22-40(21-34)45(44-17-15-16-43(44)33(13)14,41-23-36(29(5)6)19-37(24-41)30(7)8)42-25-38(31(9)10)20-39(26-42)32(11)12;;;;/h16,18-33H,15H2,1-14H3;3*1H;/q-1;;;;. The number of benzene rings is 3. The fraction of sp³-hybridized carbons (Fsp3) is 0.500. The molecule has 49 heavy (non-hydrogen) atoms. The topological polar surface area (TPSA) is 0 Å². The van der Waals surface area contributed by atoms with Gasteiger partial charge < -0.3 is 0 Å². The van der Waals surface area contributed by atoms with E-state index in [1.807, 2.05) is 0 Å². The van der Waals surface area contributed by atoms with Crippen LogP contribution >= 0.6 is 37.2 Å². The van der Waals surface area contributed by atoms with Gasteiger partial charge in [-0.05, 0) is 84.4 Å². The van der Waals surface area contributed by atoms with Gasteiger partial charge in [0.2, 0.25) is 0 Å². The van der Waals surface area contributed by atoms with Crippen LogP contribution in [0.5, 0.6) is 0 Å². The first-order valence-corrected chi connectivity index (χ1v) is 19.9. The fourth-order valence-corrected chi connectivity index (χ4v) is 12.3. The number of allylic oxidation sites excluding steroid dienone is 4. The molecule has 0 nitrogen and oxygen atoms in total. The van der Waals surface area contributed by atoms with Crippen molar-refractivity contribution in [2.24, 2.45) is 5.92 Å². The maximum atomic E-state index is 4.10. The van der Waals surface area contributed by atoms with Crippen LogP contribution in [0.3, 0.4) is 0 Å². The summed E-state index contributed by atoms with van der Waals surface area (Å²) in [6.45, 7) is 33.1. The van der Waals surface area contributed by atoms with Crippen molar-refractivity contribution in [3.63, 3.8) is 0 Å². The van der Waals surface area contributed by atoms with Gasteiger partial charge in [-0.15, -0.1) is 43.6 Å². The molecule has 0 saturated carbocycles. The van der Waals surface area contributed by atoms with Gasteiger partial charge in [-0.3, -0.25) is 6.08 Å². The molecule has 0 atom stereocenters. The molecule has 0 saturated heterocycles. The summed E-state index contributed by atoms with van der Waals surface area (Å²) in [7, 11) is -2.84. The minimum Gasteiger partial charge on any atom is -0.272 e. The maximum Gasteiger partial charge on any atom is 0.144 e. The fourth-order valence-electron chi connectivity index (χ4n) is 6.95. The summed E-state index contributed by atoms with van der Waals surface area (Å²) in [5, 5.41) is 6.08. The van der Waals surface area contributed by atoms with Gasteiger partial charge in [-0.25, -0.2) is 5.20 Å². The summed E-state index contributed by atoms with van der Waals surface area (Å²) in [4.78, 5) is 0. The predicted molar refractivity (Wildman–Crippen MR) is 225 cm³/mol. The Kier molecular flexibility index (Phi) is 19.3. The number of rotatable bonds is 11. The van der Waals surface area contributed by atoms with Gasteiger partial charge in [0.25, 0.3) is 0 Å². The summed E-state index contributed by atoms with van der Waals surface area (Å²) in [5.41, 5.74) is 10.2. The molecule has 270 valence electrons. The van der Waals surface area contributed by atoms with Gasteiger partial charge in [0.15, 0.2) is 0 Å². The van der Waals surface area contributed by atoms with Crippen molar-refractivity contribution >= 4 is 60.9 Å². The second-order valence-electron chi connectivity index (χ2n) is 15.9. The van der Waals surface area contributed by atoms with Crippen LogP contribution in [0.25, 0.3) is 0 Å². The Morgan fingerprint density at radius 2 is 0.653 bits per heavy atom. The molecule has 1 aliphatic rings. The van der Waals surface area contributed by atoms with E-state index >= 15 is 0 Å². The number of hydrogen-bond acceptors (Lipinski definition) is 0. The molecule has 0 aliphatic heterocycles. The average molecular weight is 775 g/mol. The Morgan fingerprint density at radius 1 is 0.408 bits per heavy atom. The molecule has 0 heterocycles. The van der Waals surface area contributed by atoms with E-state index in [0.29, 0.717) is 41.4 Å². The zero-order valence-electron chi connectivity index (χ0n) is 32.7. The Hall–Kier alpha value is -1.06.